The van der Waals surface area contributed by atoms with Crippen LogP contribution in [0.4, 0.5) is 10.6 Å². The summed E-state index contributed by atoms with van der Waals surface area (Å²) in [4.78, 5) is 24.7. The highest BCUT2D eigenvalue weighted by atomic mass is 16.5. The molecule has 1 saturated heterocycles. The van der Waals surface area contributed by atoms with Crippen LogP contribution in [-0.4, -0.2) is 53.6 Å². The predicted molar refractivity (Wildman–Crippen MR) is 105 cm³/mol. The summed E-state index contributed by atoms with van der Waals surface area (Å²) in [5.41, 5.74) is 1.18. The lowest BCUT2D eigenvalue weighted by Crippen LogP contribution is -2.52. The molecule has 2 aromatic rings. The third-order valence-corrected chi connectivity index (χ3v) is 4.57. The first-order valence-corrected chi connectivity index (χ1v) is 9.50. The van der Waals surface area contributed by atoms with Crippen molar-refractivity contribution in [1.29, 1.82) is 0 Å². The number of carbonyl (C=O) groups excluding carboxylic acids is 1. The number of hydrogen-bond acceptors (Lipinski definition) is 5. The zero-order valence-corrected chi connectivity index (χ0v) is 16.0. The Kier molecular flexibility index (Phi) is 6.46. The van der Waals surface area contributed by atoms with E-state index in [4.69, 9.17) is 4.74 Å². The molecule has 0 unspecified atom stereocenters. The van der Waals surface area contributed by atoms with E-state index in [9.17, 15) is 4.79 Å². The molecule has 2 heterocycles. The van der Waals surface area contributed by atoms with E-state index in [0.717, 1.165) is 44.0 Å². The molecular weight excluding hydrogens is 342 g/mol. The highest BCUT2D eigenvalue weighted by Crippen LogP contribution is 2.23. The van der Waals surface area contributed by atoms with Crippen molar-refractivity contribution in [2.45, 2.75) is 26.7 Å². The van der Waals surface area contributed by atoms with Gasteiger partial charge in [0.15, 0.2) is 0 Å². The Morgan fingerprint density at radius 3 is 2.59 bits per heavy atom. The molecule has 7 nitrogen and oxygen atoms in total. The summed E-state index contributed by atoms with van der Waals surface area (Å²) in [6.07, 6.45) is 3.61. The molecule has 0 saturated carbocycles. The van der Waals surface area contributed by atoms with Crippen LogP contribution in [0.15, 0.2) is 36.7 Å². The van der Waals surface area contributed by atoms with Gasteiger partial charge in [-0.1, -0.05) is 31.0 Å². The van der Waals surface area contributed by atoms with Crippen molar-refractivity contribution < 1.29 is 9.53 Å². The van der Waals surface area contributed by atoms with Crippen molar-refractivity contribution >= 4 is 11.8 Å². The van der Waals surface area contributed by atoms with Gasteiger partial charge in [0.05, 0.1) is 0 Å². The van der Waals surface area contributed by atoms with Gasteiger partial charge in [0.25, 0.3) is 0 Å². The second kappa shape index (κ2) is 9.21. The molecule has 0 radical (unpaired) electrons. The summed E-state index contributed by atoms with van der Waals surface area (Å²) in [5.74, 6) is 2.08. The number of urea groups is 1. The Bertz CT molecular complexity index is 742. The van der Waals surface area contributed by atoms with Gasteiger partial charge < -0.3 is 19.9 Å². The van der Waals surface area contributed by atoms with Gasteiger partial charge in [-0.15, -0.1) is 0 Å². The summed E-state index contributed by atoms with van der Waals surface area (Å²) in [7, 11) is 0. The number of rotatable bonds is 6. The number of aromatic nitrogens is 2. The Hall–Kier alpha value is -2.83. The number of carbonyl (C=O) groups is 1. The van der Waals surface area contributed by atoms with Crippen molar-refractivity contribution in [3.8, 4) is 11.6 Å². The molecule has 1 aliphatic heterocycles. The Balaban J connectivity index is 1.55. The van der Waals surface area contributed by atoms with Crippen LogP contribution in [0.3, 0.4) is 0 Å². The fraction of sp³-hybridized carbons (Fsp3) is 0.450. The molecule has 1 aromatic carbocycles. The molecule has 1 fully saturated rings. The van der Waals surface area contributed by atoms with E-state index >= 15 is 0 Å². The molecule has 0 bridgehead atoms. The van der Waals surface area contributed by atoms with Gasteiger partial charge in [-0.2, -0.15) is 0 Å². The van der Waals surface area contributed by atoms with Crippen LogP contribution in [0.5, 0.6) is 11.6 Å². The van der Waals surface area contributed by atoms with Gasteiger partial charge >= 0.3 is 6.03 Å². The quantitative estimate of drug-likeness (QED) is 0.792. The lowest BCUT2D eigenvalue weighted by Gasteiger charge is -2.35. The highest BCUT2D eigenvalue weighted by molar-refractivity contribution is 5.74. The average Bonchev–Trinajstić information content (AvgIpc) is 2.70. The number of hydrogen-bond donors (Lipinski definition) is 1. The average molecular weight is 369 g/mol. The third-order valence-electron chi connectivity index (χ3n) is 4.57. The molecule has 0 spiro atoms. The number of piperazine rings is 1. The first-order chi connectivity index (χ1) is 13.2. The van der Waals surface area contributed by atoms with Crippen LogP contribution in [-0.2, 0) is 0 Å². The molecule has 1 N–H and O–H groups in total. The van der Waals surface area contributed by atoms with E-state index in [2.05, 4.69) is 27.1 Å². The molecule has 7 heteroatoms. The minimum Gasteiger partial charge on any atom is -0.439 e. The van der Waals surface area contributed by atoms with Gasteiger partial charge in [0.2, 0.25) is 5.88 Å². The SMILES string of the molecule is CCCCNC(=O)N1CCN(c2cc(Oc3ccc(C)cc3)ncn2)CC1. The molecule has 1 aliphatic rings. The lowest BCUT2D eigenvalue weighted by molar-refractivity contribution is 0.194. The molecule has 1 aromatic heterocycles. The summed E-state index contributed by atoms with van der Waals surface area (Å²) in [5, 5.41) is 2.97. The Morgan fingerprint density at radius 1 is 1.15 bits per heavy atom. The number of nitrogens with zero attached hydrogens (tertiary/aromatic N) is 4. The number of aryl methyl sites for hydroxylation is 1. The molecule has 3 rings (SSSR count). The van der Waals surface area contributed by atoms with Crippen LogP contribution in [0, 0.1) is 6.92 Å². The second-order valence-electron chi connectivity index (χ2n) is 6.69. The van der Waals surface area contributed by atoms with E-state index < -0.39 is 0 Å². The van der Waals surface area contributed by atoms with Gasteiger partial charge in [-0.05, 0) is 25.5 Å². The third kappa shape index (κ3) is 5.32. The van der Waals surface area contributed by atoms with E-state index in [1.807, 2.05) is 42.2 Å². The number of ether oxygens (including phenoxy) is 1. The number of nitrogens with one attached hydrogen (secondary N) is 1. The van der Waals surface area contributed by atoms with Gasteiger partial charge in [-0.25, -0.2) is 14.8 Å². The van der Waals surface area contributed by atoms with E-state index in [0.29, 0.717) is 19.0 Å². The first kappa shape index (κ1) is 18.9. The molecule has 0 atom stereocenters. The zero-order chi connectivity index (χ0) is 19.1. The second-order valence-corrected chi connectivity index (χ2v) is 6.69. The molecular formula is C20H27N5O2. The van der Waals surface area contributed by atoms with Crippen LogP contribution in [0.1, 0.15) is 25.3 Å². The maximum Gasteiger partial charge on any atom is 0.317 e. The van der Waals surface area contributed by atoms with Crippen molar-refractivity contribution in [3.63, 3.8) is 0 Å². The standard InChI is InChI=1S/C20H27N5O2/c1-3-4-9-21-20(26)25-12-10-24(11-13-25)18-14-19(23-15-22-18)27-17-7-5-16(2)6-8-17/h5-8,14-15H,3-4,9-13H2,1-2H3,(H,21,26). The normalized spacial score (nSPS) is 14.1. The summed E-state index contributed by atoms with van der Waals surface area (Å²) in [6.45, 7) is 7.72. The van der Waals surface area contributed by atoms with Crippen molar-refractivity contribution in [2.24, 2.45) is 0 Å². The predicted octanol–water partition coefficient (Wildman–Crippen LogP) is 3.21. The number of anilines is 1. The number of benzene rings is 1. The van der Waals surface area contributed by atoms with E-state index in [1.165, 1.54) is 11.9 Å². The van der Waals surface area contributed by atoms with Crippen molar-refractivity contribution in [2.75, 3.05) is 37.6 Å². The van der Waals surface area contributed by atoms with Crippen molar-refractivity contribution in [3.05, 3.63) is 42.2 Å². The minimum absolute atomic E-state index is 0.0224. The number of amides is 2. The fourth-order valence-electron chi connectivity index (χ4n) is 2.91. The summed E-state index contributed by atoms with van der Waals surface area (Å²) < 4.78 is 5.83. The zero-order valence-electron chi connectivity index (χ0n) is 16.0. The lowest BCUT2D eigenvalue weighted by atomic mass is 10.2. The van der Waals surface area contributed by atoms with Crippen LogP contribution < -0.4 is 15.0 Å². The van der Waals surface area contributed by atoms with E-state index in [1.54, 1.807) is 0 Å². The Labute approximate surface area is 160 Å². The topological polar surface area (TPSA) is 70.6 Å². The van der Waals surface area contributed by atoms with E-state index in [-0.39, 0.29) is 6.03 Å². The van der Waals surface area contributed by atoms with Gasteiger partial charge in [0, 0.05) is 38.8 Å². The first-order valence-electron chi connectivity index (χ1n) is 9.50. The fourth-order valence-corrected chi connectivity index (χ4v) is 2.91. The van der Waals surface area contributed by atoms with Crippen molar-refractivity contribution in [1.82, 2.24) is 20.2 Å². The summed E-state index contributed by atoms with van der Waals surface area (Å²) >= 11 is 0. The smallest absolute Gasteiger partial charge is 0.317 e. The highest BCUT2D eigenvalue weighted by Gasteiger charge is 2.22. The molecule has 27 heavy (non-hydrogen) atoms. The molecule has 2 amide bonds. The summed E-state index contributed by atoms with van der Waals surface area (Å²) in [6, 6.07) is 9.72. The largest absolute Gasteiger partial charge is 0.439 e. The van der Waals surface area contributed by atoms with Crippen LogP contribution in [0.2, 0.25) is 0 Å². The number of unbranched alkanes of at least 4 members (excludes halogenated alkanes) is 1. The monoisotopic (exact) mass is 369 g/mol. The van der Waals surface area contributed by atoms with Crippen LogP contribution in [0.25, 0.3) is 0 Å². The molecule has 144 valence electrons. The van der Waals surface area contributed by atoms with Gasteiger partial charge in [0.1, 0.15) is 17.9 Å². The minimum atomic E-state index is 0.0224. The maximum absolute atomic E-state index is 12.1. The van der Waals surface area contributed by atoms with Crippen LogP contribution >= 0.6 is 0 Å². The molecule has 0 aliphatic carbocycles. The van der Waals surface area contributed by atoms with Gasteiger partial charge in [-0.3, -0.25) is 0 Å². The maximum atomic E-state index is 12.1. The Morgan fingerprint density at radius 2 is 1.89 bits per heavy atom.